The van der Waals surface area contributed by atoms with E-state index in [1.54, 1.807) is 6.07 Å². The molecule has 1 aromatic carbocycles. The molecule has 4 aliphatic carbocycles. The standard InChI is InChI=1S/C25H28ClN3O2/c1-16-4-2-7-21(27-16)23(31)29-25-12-18-8-19(13-25)11-24(10-18,15-25)28-22(30)20-6-3-5-17(9-20)14-26/h2-7,9,18-19H,8,10-15H2,1H3,(H,28,30)(H,29,31). The lowest BCUT2D eigenvalue weighted by Gasteiger charge is -2.62. The van der Waals surface area contributed by atoms with Gasteiger partial charge in [0.2, 0.25) is 0 Å². The van der Waals surface area contributed by atoms with E-state index >= 15 is 0 Å². The molecular formula is C25H28ClN3O2. The Balaban J connectivity index is 1.37. The van der Waals surface area contributed by atoms with Gasteiger partial charge in [-0.1, -0.05) is 18.2 Å². The lowest BCUT2D eigenvalue weighted by atomic mass is 9.49. The molecule has 2 unspecified atom stereocenters. The first kappa shape index (κ1) is 20.5. The van der Waals surface area contributed by atoms with E-state index in [0.29, 0.717) is 29.0 Å². The zero-order valence-corrected chi connectivity index (χ0v) is 18.5. The van der Waals surface area contributed by atoms with Crippen LogP contribution in [-0.2, 0) is 5.88 Å². The fraction of sp³-hybridized carbons (Fsp3) is 0.480. The van der Waals surface area contributed by atoms with Crippen LogP contribution in [0, 0.1) is 18.8 Å². The van der Waals surface area contributed by atoms with E-state index in [0.717, 1.165) is 43.4 Å². The molecule has 2 aromatic rings. The van der Waals surface area contributed by atoms with Crippen molar-refractivity contribution in [2.24, 2.45) is 11.8 Å². The zero-order valence-electron chi connectivity index (χ0n) is 17.8. The number of rotatable bonds is 5. The summed E-state index contributed by atoms with van der Waals surface area (Å²) in [5.41, 5.74) is 2.36. The number of carbonyl (C=O) groups excluding carboxylic acids is 2. The van der Waals surface area contributed by atoms with Gasteiger partial charge in [0.25, 0.3) is 11.8 Å². The summed E-state index contributed by atoms with van der Waals surface area (Å²) in [6.07, 6.45) is 5.93. The smallest absolute Gasteiger partial charge is 0.270 e. The second-order valence-corrected chi connectivity index (χ2v) is 10.2. The summed E-state index contributed by atoms with van der Waals surface area (Å²) in [7, 11) is 0. The molecule has 1 aromatic heterocycles. The summed E-state index contributed by atoms with van der Waals surface area (Å²) in [5.74, 6) is 1.29. The maximum absolute atomic E-state index is 13.1. The van der Waals surface area contributed by atoms with Crippen LogP contribution in [0.15, 0.2) is 42.5 Å². The first-order valence-electron chi connectivity index (χ1n) is 11.1. The van der Waals surface area contributed by atoms with Crippen LogP contribution in [0.5, 0.6) is 0 Å². The molecular weight excluding hydrogens is 410 g/mol. The molecule has 2 amide bonds. The van der Waals surface area contributed by atoms with Crippen LogP contribution in [0.2, 0.25) is 0 Å². The third-order valence-corrected chi connectivity index (χ3v) is 7.59. The number of halogens is 1. The fourth-order valence-corrected chi connectivity index (χ4v) is 6.80. The number of aromatic nitrogens is 1. The summed E-state index contributed by atoms with van der Waals surface area (Å²) >= 11 is 5.95. The zero-order chi connectivity index (χ0) is 21.6. The summed E-state index contributed by atoms with van der Waals surface area (Å²) in [5, 5.41) is 6.74. The number of aryl methyl sites for hydroxylation is 1. The van der Waals surface area contributed by atoms with Gasteiger partial charge in [0.15, 0.2) is 0 Å². The first-order chi connectivity index (χ1) is 14.9. The Morgan fingerprint density at radius 2 is 1.65 bits per heavy atom. The minimum atomic E-state index is -0.266. The number of pyridine rings is 1. The Labute approximate surface area is 188 Å². The number of alkyl halides is 1. The molecule has 0 saturated heterocycles. The maximum atomic E-state index is 13.1. The summed E-state index contributed by atoms with van der Waals surface area (Å²) in [4.78, 5) is 30.6. The van der Waals surface area contributed by atoms with Crippen LogP contribution < -0.4 is 10.6 Å². The van der Waals surface area contributed by atoms with Crippen molar-refractivity contribution >= 4 is 23.4 Å². The maximum Gasteiger partial charge on any atom is 0.270 e. The summed E-state index contributed by atoms with van der Waals surface area (Å²) in [6, 6.07) is 13.0. The van der Waals surface area contributed by atoms with E-state index < -0.39 is 0 Å². The number of nitrogens with zero attached hydrogens (tertiary/aromatic N) is 1. The second-order valence-electron chi connectivity index (χ2n) is 9.93. The minimum absolute atomic E-state index is 0.0456. The van der Waals surface area contributed by atoms with Crippen molar-refractivity contribution in [3.63, 3.8) is 0 Å². The third-order valence-electron chi connectivity index (χ3n) is 7.28. The highest BCUT2D eigenvalue weighted by molar-refractivity contribution is 6.17. The number of benzene rings is 1. The van der Waals surface area contributed by atoms with Gasteiger partial charge in [-0.05, 0) is 87.1 Å². The van der Waals surface area contributed by atoms with E-state index in [-0.39, 0.29) is 22.9 Å². The molecule has 0 aliphatic heterocycles. The van der Waals surface area contributed by atoms with Crippen LogP contribution in [0.25, 0.3) is 0 Å². The van der Waals surface area contributed by atoms with Gasteiger partial charge in [0.1, 0.15) is 5.69 Å². The Kier molecular flexibility index (Phi) is 5.04. The van der Waals surface area contributed by atoms with Gasteiger partial charge < -0.3 is 10.6 Å². The molecule has 4 aliphatic rings. The molecule has 0 radical (unpaired) electrons. The highest BCUT2D eigenvalue weighted by Gasteiger charge is 2.58. The molecule has 6 rings (SSSR count). The predicted molar refractivity (Wildman–Crippen MR) is 120 cm³/mol. The number of amides is 2. The highest BCUT2D eigenvalue weighted by Crippen LogP contribution is 2.57. The predicted octanol–water partition coefficient (Wildman–Crippen LogP) is 4.38. The van der Waals surface area contributed by atoms with Crippen LogP contribution in [0.1, 0.15) is 70.6 Å². The molecule has 1 heterocycles. The van der Waals surface area contributed by atoms with Crippen LogP contribution in [-0.4, -0.2) is 27.9 Å². The topological polar surface area (TPSA) is 71.1 Å². The molecule has 31 heavy (non-hydrogen) atoms. The fourth-order valence-electron chi connectivity index (χ4n) is 6.64. The Morgan fingerprint density at radius 3 is 2.29 bits per heavy atom. The van der Waals surface area contributed by atoms with Gasteiger partial charge in [-0.3, -0.25) is 9.59 Å². The second kappa shape index (κ2) is 7.63. The Hall–Kier alpha value is -2.40. The largest absolute Gasteiger partial charge is 0.346 e. The Bertz CT molecular complexity index is 1020. The molecule has 0 spiro atoms. The van der Waals surface area contributed by atoms with Crippen molar-refractivity contribution in [3.05, 3.63) is 65.0 Å². The van der Waals surface area contributed by atoms with Crippen molar-refractivity contribution in [1.29, 1.82) is 0 Å². The van der Waals surface area contributed by atoms with E-state index in [9.17, 15) is 9.59 Å². The SMILES string of the molecule is Cc1cccc(C(=O)NC23CC4CC(CC(NC(=O)c5cccc(CCl)c5)(C4)C2)C3)n1. The van der Waals surface area contributed by atoms with E-state index in [2.05, 4.69) is 15.6 Å². The average Bonchev–Trinajstić information content (AvgIpc) is 2.72. The number of nitrogens with one attached hydrogen (secondary N) is 2. The van der Waals surface area contributed by atoms with Gasteiger partial charge in [-0.15, -0.1) is 11.6 Å². The molecule has 4 saturated carbocycles. The monoisotopic (exact) mass is 437 g/mol. The average molecular weight is 438 g/mol. The molecule has 162 valence electrons. The van der Waals surface area contributed by atoms with Gasteiger partial charge in [-0.25, -0.2) is 4.98 Å². The molecule has 2 N–H and O–H groups in total. The van der Waals surface area contributed by atoms with Crippen LogP contribution >= 0.6 is 11.6 Å². The first-order valence-corrected chi connectivity index (χ1v) is 11.6. The van der Waals surface area contributed by atoms with E-state index in [1.165, 1.54) is 6.42 Å². The molecule has 2 atom stereocenters. The lowest BCUT2D eigenvalue weighted by Crippen LogP contribution is -2.69. The highest BCUT2D eigenvalue weighted by atomic mass is 35.5. The van der Waals surface area contributed by atoms with E-state index in [1.807, 2.05) is 43.3 Å². The molecule has 4 fully saturated rings. The third kappa shape index (κ3) is 3.96. The summed E-state index contributed by atoms with van der Waals surface area (Å²) < 4.78 is 0. The minimum Gasteiger partial charge on any atom is -0.346 e. The van der Waals surface area contributed by atoms with Crippen molar-refractivity contribution in [2.75, 3.05) is 0 Å². The quantitative estimate of drug-likeness (QED) is 0.682. The van der Waals surface area contributed by atoms with Gasteiger partial charge >= 0.3 is 0 Å². The molecule has 6 heteroatoms. The van der Waals surface area contributed by atoms with Crippen LogP contribution in [0.4, 0.5) is 0 Å². The molecule has 5 nitrogen and oxygen atoms in total. The van der Waals surface area contributed by atoms with Crippen molar-refractivity contribution in [1.82, 2.24) is 15.6 Å². The lowest BCUT2D eigenvalue weighted by molar-refractivity contribution is -0.0448. The van der Waals surface area contributed by atoms with Crippen molar-refractivity contribution in [2.45, 2.75) is 62.4 Å². The number of carbonyl (C=O) groups is 2. The number of hydrogen-bond acceptors (Lipinski definition) is 3. The van der Waals surface area contributed by atoms with Crippen molar-refractivity contribution < 1.29 is 9.59 Å². The van der Waals surface area contributed by atoms with Gasteiger partial charge in [0, 0.05) is 28.2 Å². The Morgan fingerprint density at radius 1 is 1.00 bits per heavy atom. The van der Waals surface area contributed by atoms with Crippen LogP contribution in [0.3, 0.4) is 0 Å². The van der Waals surface area contributed by atoms with Gasteiger partial charge in [0.05, 0.1) is 0 Å². The van der Waals surface area contributed by atoms with Gasteiger partial charge in [-0.2, -0.15) is 0 Å². The summed E-state index contributed by atoms with van der Waals surface area (Å²) in [6.45, 7) is 1.89. The molecule has 4 bridgehead atoms. The van der Waals surface area contributed by atoms with Crippen molar-refractivity contribution in [3.8, 4) is 0 Å². The number of hydrogen-bond donors (Lipinski definition) is 2. The normalized spacial score (nSPS) is 30.8. The van der Waals surface area contributed by atoms with E-state index in [4.69, 9.17) is 11.6 Å².